The zero-order valence-corrected chi connectivity index (χ0v) is 12.3. The molecule has 0 saturated carbocycles. The van der Waals surface area contributed by atoms with Crippen LogP contribution in [-0.4, -0.2) is 46.9 Å². The van der Waals surface area contributed by atoms with E-state index in [1.807, 2.05) is 6.07 Å². The summed E-state index contributed by atoms with van der Waals surface area (Å²) in [4.78, 5) is 20.0. The molecule has 0 spiro atoms. The molecule has 21 heavy (non-hydrogen) atoms. The van der Waals surface area contributed by atoms with Crippen molar-refractivity contribution in [2.75, 3.05) is 26.2 Å². The summed E-state index contributed by atoms with van der Waals surface area (Å²) < 4.78 is 5.71. The molecule has 1 aromatic carbocycles. The summed E-state index contributed by atoms with van der Waals surface area (Å²) in [6, 6.07) is 5.41. The number of carbonyl (C=O) groups excluding carboxylic acids is 1. The SMILES string of the molecule is C=CC(=O)N1CCN(Cc2nc3cc(Cl)ccc3o2)CC1. The van der Waals surface area contributed by atoms with Gasteiger partial charge in [0.05, 0.1) is 6.54 Å². The number of carbonyl (C=O) groups is 1. The second kappa shape index (κ2) is 5.87. The molecule has 2 heterocycles. The molecule has 3 rings (SSSR count). The Balaban J connectivity index is 1.64. The van der Waals surface area contributed by atoms with Crippen LogP contribution in [0.3, 0.4) is 0 Å². The van der Waals surface area contributed by atoms with Gasteiger partial charge in [0.15, 0.2) is 5.58 Å². The standard InChI is InChI=1S/C15H16ClN3O2/c1-2-15(20)19-7-5-18(6-8-19)10-14-17-12-9-11(16)3-4-13(12)21-14/h2-4,9H,1,5-8,10H2. The van der Waals surface area contributed by atoms with Gasteiger partial charge in [-0.2, -0.15) is 0 Å². The summed E-state index contributed by atoms with van der Waals surface area (Å²) in [5.41, 5.74) is 1.52. The highest BCUT2D eigenvalue weighted by Gasteiger charge is 2.20. The van der Waals surface area contributed by atoms with Crippen molar-refractivity contribution in [2.45, 2.75) is 6.54 Å². The summed E-state index contributed by atoms with van der Waals surface area (Å²) in [5, 5.41) is 0.652. The van der Waals surface area contributed by atoms with E-state index < -0.39 is 0 Å². The first-order valence-corrected chi connectivity index (χ1v) is 7.22. The lowest BCUT2D eigenvalue weighted by Gasteiger charge is -2.33. The zero-order valence-electron chi connectivity index (χ0n) is 11.6. The van der Waals surface area contributed by atoms with Crippen molar-refractivity contribution in [1.82, 2.24) is 14.8 Å². The molecule has 1 amide bonds. The summed E-state index contributed by atoms with van der Waals surface area (Å²) >= 11 is 5.94. The van der Waals surface area contributed by atoms with Gasteiger partial charge in [-0.25, -0.2) is 4.98 Å². The Morgan fingerprint density at radius 3 is 2.86 bits per heavy atom. The van der Waals surface area contributed by atoms with Crippen LogP contribution in [0.4, 0.5) is 0 Å². The number of fused-ring (bicyclic) bond motifs is 1. The van der Waals surface area contributed by atoms with Gasteiger partial charge in [-0.05, 0) is 24.3 Å². The Morgan fingerprint density at radius 2 is 2.14 bits per heavy atom. The van der Waals surface area contributed by atoms with Crippen LogP contribution in [0.25, 0.3) is 11.1 Å². The van der Waals surface area contributed by atoms with Gasteiger partial charge in [0.1, 0.15) is 5.52 Å². The van der Waals surface area contributed by atoms with Crippen LogP contribution in [-0.2, 0) is 11.3 Å². The van der Waals surface area contributed by atoms with E-state index >= 15 is 0 Å². The molecule has 1 saturated heterocycles. The fraction of sp³-hybridized carbons (Fsp3) is 0.333. The minimum Gasteiger partial charge on any atom is -0.439 e. The highest BCUT2D eigenvalue weighted by molar-refractivity contribution is 6.31. The van der Waals surface area contributed by atoms with Gasteiger partial charge in [-0.1, -0.05) is 18.2 Å². The number of halogens is 1. The van der Waals surface area contributed by atoms with E-state index in [0.29, 0.717) is 30.5 Å². The van der Waals surface area contributed by atoms with Gasteiger partial charge in [-0.15, -0.1) is 0 Å². The molecule has 1 aliphatic heterocycles. The summed E-state index contributed by atoms with van der Waals surface area (Å²) in [7, 11) is 0. The average Bonchev–Trinajstić information content (AvgIpc) is 2.88. The number of rotatable bonds is 3. The number of hydrogen-bond donors (Lipinski definition) is 0. The number of benzene rings is 1. The Bertz CT molecular complexity index is 675. The average molecular weight is 306 g/mol. The lowest BCUT2D eigenvalue weighted by molar-refractivity contribution is -0.127. The van der Waals surface area contributed by atoms with Crippen LogP contribution in [0.15, 0.2) is 35.3 Å². The zero-order chi connectivity index (χ0) is 14.8. The van der Waals surface area contributed by atoms with Crippen LogP contribution < -0.4 is 0 Å². The molecule has 1 aliphatic rings. The summed E-state index contributed by atoms with van der Waals surface area (Å²) in [6.45, 7) is 7.17. The molecule has 5 nitrogen and oxygen atoms in total. The maximum absolute atomic E-state index is 11.5. The molecule has 0 N–H and O–H groups in total. The quantitative estimate of drug-likeness (QED) is 0.817. The molecule has 0 bridgehead atoms. The Kier molecular flexibility index (Phi) is 3.94. The van der Waals surface area contributed by atoms with Crippen LogP contribution >= 0.6 is 11.6 Å². The molecule has 1 aromatic heterocycles. The van der Waals surface area contributed by atoms with E-state index in [-0.39, 0.29) is 5.91 Å². The van der Waals surface area contributed by atoms with Gasteiger partial charge in [0, 0.05) is 31.2 Å². The number of piperazine rings is 1. The van der Waals surface area contributed by atoms with Crippen molar-refractivity contribution < 1.29 is 9.21 Å². The van der Waals surface area contributed by atoms with Crippen LogP contribution in [0.5, 0.6) is 0 Å². The largest absolute Gasteiger partial charge is 0.439 e. The van der Waals surface area contributed by atoms with Gasteiger partial charge < -0.3 is 9.32 Å². The summed E-state index contributed by atoms with van der Waals surface area (Å²) in [6.07, 6.45) is 1.36. The van der Waals surface area contributed by atoms with E-state index in [0.717, 1.165) is 24.2 Å². The number of aromatic nitrogens is 1. The smallest absolute Gasteiger partial charge is 0.246 e. The lowest BCUT2D eigenvalue weighted by Crippen LogP contribution is -2.47. The molecule has 0 unspecified atom stereocenters. The molecular weight excluding hydrogens is 290 g/mol. The first kappa shape index (κ1) is 14.1. The Labute approximate surface area is 127 Å². The van der Waals surface area contributed by atoms with E-state index in [1.54, 1.807) is 17.0 Å². The fourth-order valence-electron chi connectivity index (χ4n) is 2.46. The number of hydrogen-bond acceptors (Lipinski definition) is 4. The first-order valence-electron chi connectivity index (χ1n) is 6.84. The maximum Gasteiger partial charge on any atom is 0.246 e. The minimum atomic E-state index is -0.00819. The van der Waals surface area contributed by atoms with E-state index in [1.165, 1.54) is 6.08 Å². The van der Waals surface area contributed by atoms with Crippen molar-refractivity contribution in [2.24, 2.45) is 0 Å². The van der Waals surface area contributed by atoms with Crippen LogP contribution in [0.1, 0.15) is 5.89 Å². The third-order valence-electron chi connectivity index (χ3n) is 3.61. The number of nitrogens with zero attached hydrogens (tertiary/aromatic N) is 3. The predicted octanol–water partition coefficient (Wildman–Crippen LogP) is 2.31. The van der Waals surface area contributed by atoms with Crippen molar-refractivity contribution in [1.29, 1.82) is 0 Å². The monoisotopic (exact) mass is 305 g/mol. The molecule has 110 valence electrons. The van der Waals surface area contributed by atoms with E-state index in [9.17, 15) is 4.79 Å². The van der Waals surface area contributed by atoms with E-state index in [4.69, 9.17) is 16.0 Å². The predicted molar refractivity (Wildman–Crippen MR) is 81.1 cm³/mol. The molecular formula is C15H16ClN3O2. The van der Waals surface area contributed by atoms with Crippen molar-refractivity contribution in [3.63, 3.8) is 0 Å². The van der Waals surface area contributed by atoms with Gasteiger partial charge in [0.2, 0.25) is 11.8 Å². The number of oxazole rings is 1. The van der Waals surface area contributed by atoms with Crippen LogP contribution in [0, 0.1) is 0 Å². The Hall–Kier alpha value is -1.85. The molecule has 0 aliphatic carbocycles. The van der Waals surface area contributed by atoms with Gasteiger partial charge in [0.25, 0.3) is 0 Å². The molecule has 6 heteroatoms. The third kappa shape index (κ3) is 3.09. The maximum atomic E-state index is 11.5. The summed E-state index contributed by atoms with van der Waals surface area (Å²) in [5.74, 6) is 0.668. The normalized spacial score (nSPS) is 16.3. The first-order chi connectivity index (χ1) is 10.2. The number of amides is 1. The van der Waals surface area contributed by atoms with Gasteiger partial charge >= 0.3 is 0 Å². The highest BCUT2D eigenvalue weighted by atomic mass is 35.5. The molecule has 0 atom stereocenters. The van der Waals surface area contributed by atoms with Crippen molar-refractivity contribution >= 4 is 28.6 Å². The minimum absolute atomic E-state index is 0.00819. The Morgan fingerprint density at radius 1 is 1.38 bits per heavy atom. The topological polar surface area (TPSA) is 49.6 Å². The van der Waals surface area contributed by atoms with Crippen LogP contribution in [0.2, 0.25) is 5.02 Å². The molecule has 1 fully saturated rings. The molecule has 0 radical (unpaired) electrons. The van der Waals surface area contributed by atoms with Crippen molar-refractivity contribution in [3.05, 3.63) is 41.8 Å². The second-order valence-corrected chi connectivity index (χ2v) is 5.46. The van der Waals surface area contributed by atoms with Gasteiger partial charge in [-0.3, -0.25) is 9.69 Å². The second-order valence-electron chi connectivity index (χ2n) is 5.03. The third-order valence-corrected chi connectivity index (χ3v) is 3.85. The highest BCUT2D eigenvalue weighted by Crippen LogP contribution is 2.21. The van der Waals surface area contributed by atoms with Crippen molar-refractivity contribution in [3.8, 4) is 0 Å². The fourth-order valence-corrected chi connectivity index (χ4v) is 2.63. The lowest BCUT2D eigenvalue weighted by atomic mass is 10.3. The molecule has 2 aromatic rings. The van der Waals surface area contributed by atoms with E-state index in [2.05, 4.69) is 16.5 Å².